The molecule has 2 heteroatoms. The molecule has 0 fully saturated rings. The summed E-state index contributed by atoms with van der Waals surface area (Å²) in [4.78, 5) is 1.43. The molecule has 0 amide bonds. The lowest BCUT2D eigenvalue weighted by Crippen LogP contribution is -1.67. The van der Waals surface area contributed by atoms with Gasteiger partial charge in [-0.2, -0.15) is 11.3 Å². The van der Waals surface area contributed by atoms with Crippen LogP contribution >= 0.6 is 22.7 Å². The molecule has 0 saturated heterocycles. The fourth-order valence-corrected chi connectivity index (χ4v) is 3.17. The molecule has 24 heavy (non-hydrogen) atoms. The van der Waals surface area contributed by atoms with Gasteiger partial charge in [0.25, 0.3) is 0 Å². The van der Waals surface area contributed by atoms with Crippen LogP contribution in [0.2, 0.25) is 0 Å². The van der Waals surface area contributed by atoms with E-state index in [1.807, 2.05) is 0 Å². The van der Waals surface area contributed by atoms with Gasteiger partial charge in [-0.15, -0.1) is 11.3 Å². The SMILES string of the molecule is C.C.C.CC1=C(C)CC=C1.Cc1ccsc1C.Cc1cscc1C. The molecule has 0 radical (unpaired) electrons. The summed E-state index contributed by atoms with van der Waals surface area (Å²) in [7, 11) is 0. The second-order valence-electron chi connectivity index (χ2n) is 5.47. The molecule has 3 rings (SSSR count). The van der Waals surface area contributed by atoms with Crippen molar-refractivity contribution in [1.29, 1.82) is 0 Å². The first-order valence-electron chi connectivity index (χ1n) is 7.24. The van der Waals surface area contributed by atoms with E-state index in [0.29, 0.717) is 0 Å². The van der Waals surface area contributed by atoms with Gasteiger partial charge in [0, 0.05) is 4.88 Å². The zero-order chi connectivity index (χ0) is 15.8. The Morgan fingerprint density at radius 2 is 1.33 bits per heavy atom. The highest BCUT2D eigenvalue weighted by Crippen LogP contribution is 2.16. The van der Waals surface area contributed by atoms with E-state index in [1.54, 1.807) is 22.7 Å². The van der Waals surface area contributed by atoms with E-state index < -0.39 is 0 Å². The molecule has 0 bridgehead atoms. The molecule has 2 aromatic heterocycles. The molecule has 0 unspecified atom stereocenters. The average molecular weight is 367 g/mol. The third kappa shape index (κ3) is 9.89. The quantitative estimate of drug-likeness (QED) is 0.436. The number of thiophene rings is 2. The van der Waals surface area contributed by atoms with Crippen LogP contribution in [-0.2, 0) is 0 Å². The Morgan fingerprint density at radius 1 is 0.792 bits per heavy atom. The molecular weight excluding hydrogens is 328 g/mol. The van der Waals surface area contributed by atoms with E-state index >= 15 is 0 Å². The van der Waals surface area contributed by atoms with Gasteiger partial charge in [-0.3, -0.25) is 0 Å². The second kappa shape index (κ2) is 14.2. The van der Waals surface area contributed by atoms with Crippen LogP contribution in [0.3, 0.4) is 0 Å². The third-order valence-electron chi connectivity index (χ3n) is 3.69. The minimum absolute atomic E-state index is 0. The topological polar surface area (TPSA) is 0 Å². The highest BCUT2D eigenvalue weighted by molar-refractivity contribution is 7.10. The summed E-state index contributed by atoms with van der Waals surface area (Å²) >= 11 is 3.57. The van der Waals surface area contributed by atoms with Gasteiger partial charge < -0.3 is 0 Å². The standard InChI is InChI=1S/C7H10.2C6H8S.3CH4/c1-6-4-3-5-7(6)2;1-5-3-7-4-6(5)2;1-5-3-4-7-6(5)2;;;/h3-4H,5H2,1-2H3;2*3-4H,1-2H3;3*1H4. The number of rotatable bonds is 0. The van der Waals surface area contributed by atoms with Crippen LogP contribution in [0.4, 0.5) is 0 Å². The number of allylic oxidation sites excluding steroid dienone is 4. The van der Waals surface area contributed by atoms with Gasteiger partial charge in [-0.25, -0.2) is 0 Å². The van der Waals surface area contributed by atoms with Gasteiger partial charge in [-0.1, -0.05) is 45.6 Å². The predicted molar refractivity (Wildman–Crippen MR) is 120 cm³/mol. The van der Waals surface area contributed by atoms with Crippen LogP contribution < -0.4 is 0 Å². The Hall–Kier alpha value is -1.12. The fourth-order valence-electron chi connectivity index (χ4n) is 1.59. The van der Waals surface area contributed by atoms with E-state index in [4.69, 9.17) is 0 Å². The normalized spacial score (nSPS) is 11.1. The smallest absolute Gasteiger partial charge is 0.00433 e. The minimum Gasteiger partial charge on any atom is -0.152 e. The molecular formula is C22H38S2. The van der Waals surface area contributed by atoms with Gasteiger partial charge in [0.2, 0.25) is 0 Å². The summed E-state index contributed by atoms with van der Waals surface area (Å²) in [5.74, 6) is 0. The second-order valence-corrected chi connectivity index (χ2v) is 7.33. The van der Waals surface area contributed by atoms with Gasteiger partial charge in [0.05, 0.1) is 0 Å². The summed E-state index contributed by atoms with van der Waals surface area (Å²) in [6.45, 7) is 12.9. The van der Waals surface area contributed by atoms with E-state index in [2.05, 4.69) is 75.9 Å². The minimum atomic E-state index is 0. The molecule has 0 atom stereocenters. The lowest BCUT2D eigenvalue weighted by atomic mass is 10.2. The van der Waals surface area contributed by atoms with Crippen LogP contribution in [0, 0.1) is 27.7 Å². The zero-order valence-corrected chi connectivity index (χ0v) is 15.6. The van der Waals surface area contributed by atoms with Crippen molar-refractivity contribution in [2.24, 2.45) is 0 Å². The summed E-state index contributed by atoms with van der Waals surface area (Å²) in [6.07, 6.45) is 5.55. The van der Waals surface area contributed by atoms with E-state index in [0.717, 1.165) is 0 Å². The maximum Gasteiger partial charge on any atom is 0.00433 e. The van der Waals surface area contributed by atoms with Crippen LogP contribution in [0.25, 0.3) is 0 Å². The highest BCUT2D eigenvalue weighted by Gasteiger charge is 1.95. The van der Waals surface area contributed by atoms with Gasteiger partial charge in [0.1, 0.15) is 0 Å². The molecule has 0 aliphatic heterocycles. The first kappa shape index (κ1) is 27.7. The Morgan fingerprint density at radius 3 is 1.46 bits per heavy atom. The van der Waals surface area contributed by atoms with Crippen LogP contribution in [-0.4, -0.2) is 0 Å². The van der Waals surface area contributed by atoms with Crippen LogP contribution in [0.5, 0.6) is 0 Å². The molecule has 0 nitrogen and oxygen atoms in total. The van der Waals surface area contributed by atoms with Crippen molar-refractivity contribution in [2.45, 2.75) is 70.2 Å². The van der Waals surface area contributed by atoms with Crippen molar-refractivity contribution in [3.63, 3.8) is 0 Å². The molecule has 0 saturated carbocycles. The number of aryl methyl sites for hydroxylation is 4. The molecule has 2 aromatic rings. The maximum atomic E-state index is 2.20. The number of hydrogen-bond acceptors (Lipinski definition) is 2. The average Bonchev–Trinajstić information content (AvgIpc) is 3.11. The Labute approximate surface area is 160 Å². The summed E-state index contributed by atoms with van der Waals surface area (Å²) in [5.41, 5.74) is 7.18. The molecule has 1 aliphatic carbocycles. The van der Waals surface area contributed by atoms with Crippen molar-refractivity contribution in [3.05, 3.63) is 67.1 Å². The molecule has 2 heterocycles. The molecule has 0 spiro atoms. The van der Waals surface area contributed by atoms with Crippen LogP contribution in [0.15, 0.2) is 45.5 Å². The molecule has 138 valence electrons. The van der Waals surface area contributed by atoms with Gasteiger partial charge in [-0.05, 0) is 86.9 Å². The van der Waals surface area contributed by atoms with Crippen molar-refractivity contribution in [2.75, 3.05) is 0 Å². The monoisotopic (exact) mass is 366 g/mol. The summed E-state index contributed by atoms with van der Waals surface area (Å²) in [6, 6.07) is 2.14. The molecule has 0 aromatic carbocycles. The van der Waals surface area contributed by atoms with Gasteiger partial charge in [0.15, 0.2) is 0 Å². The fraction of sp³-hybridized carbons (Fsp3) is 0.455. The molecule has 1 aliphatic rings. The van der Waals surface area contributed by atoms with Crippen molar-refractivity contribution in [1.82, 2.24) is 0 Å². The van der Waals surface area contributed by atoms with E-state index in [9.17, 15) is 0 Å². The van der Waals surface area contributed by atoms with Crippen molar-refractivity contribution >= 4 is 22.7 Å². The maximum absolute atomic E-state index is 2.20. The predicted octanol–water partition coefficient (Wildman–Crippen LogP) is 8.92. The van der Waals surface area contributed by atoms with Gasteiger partial charge >= 0.3 is 0 Å². The zero-order valence-electron chi connectivity index (χ0n) is 14.0. The summed E-state index contributed by atoms with van der Waals surface area (Å²) < 4.78 is 0. The lowest BCUT2D eigenvalue weighted by molar-refractivity contribution is 1.22. The van der Waals surface area contributed by atoms with Crippen LogP contribution in [0.1, 0.15) is 64.1 Å². The largest absolute Gasteiger partial charge is 0.152 e. The first-order chi connectivity index (χ1) is 9.91. The van der Waals surface area contributed by atoms with Crippen molar-refractivity contribution in [3.8, 4) is 0 Å². The first-order valence-corrected chi connectivity index (χ1v) is 9.07. The number of hydrogen-bond donors (Lipinski definition) is 0. The Balaban J connectivity index is -0.000000259. The highest BCUT2D eigenvalue weighted by atomic mass is 32.1. The van der Waals surface area contributed by atoms with Crippen molar-refractivity contribution < 1.29 is 0 Å². The van der Waals surface area contributed by atoms with E-state index in [-0.39, 0.29) is 22.3 Å². The Bertz CT molecular complexity index is 538. The third-order valence-corrected chi connectivity index (χ3v) is 5.62. The lowest BCUT2D eigenvalue weighted by Gasteiger charge is -1.87. The summed E-state index contributed by atoms with van der Waals surface area (Å²) in [5, 5.41) is 6.44. The van der Waals surface area contributed by atoms with E-state index in [1.165, 1.54) is 39.1 Å². The Kier molecular flexibility index (Phi) is 16.4. The molecule has 0 N–H and O–H groups in total.